The first kappa shape index (κ1) is 16.8. The Bertz CT molecular complexity index is 885. The zero-order valence-electron chi connectivity index (χ0n) is 13.9. The number of halogens is 3. The standard InChI is InChI=1S/C19H17F3N4/c20-19(21,22)16-8-6-14(7-9-16)12-25-10-11-26-17(13-25)23-24-18(26)15-4-2-1-3-5-15/h1-9H,10-13H2. The van der Waals surface area contributed by atoms with Gasteiger partial charge in [0.1, 0.15) is 5.82 Å². The van der Waals surface area contributed by atoms with Crippen molar-refractivity contribution in [2.45, 2.75) is 25.8 Å². The lowest BCUT2D eigenvalue weighted by atomic mass is 10.1. The summed E-state index contributed by atoms with van der Waals surface area (Å²) >= 11 is 0. The highest BCUT2D eigenvalue weighted by Crippen LogP contribution is 2.29. The molecule has 0 atom stereocenters. The number of rotatable bonds is 3. The van der Waals surface area contributed by atoms with Gasteiger partial charge in [-0.05, 0) is 17.7 Å². The SMILES string of the molecule is FC(F)(F)c1ccc(CN2CCn3c(nnc3-c3ccccc3)C2)cc1. The molecule has 0 radical (unpaired) electrons. The van der Waals surface area contributed by atoms with Crippen LogP contribution in [0, 0.1) is 0 Å². The molecular formula is C19H17F3N4. The van der Waals surface area contributed by atoms with Crippen molar-refractivity contribution in [1.29, 1.82) is 0 Å². The van der Waals surface area contributed by atoms with Crippen molar-refractivity contribution < 1.29 is 13.2 Å². The smallest absolute Gasteiger partial charge is 0.309 e. The van der Waals surface area contributed by atoms with Crippen molar-refractivity contribution in [3.63, 3.8) is 0 Å². The number of aromatic nitrogens is 3. The highest BCUT2D eigenvalue weighted by Gasteiger charge is 2.30. The van der Waals surface area contributed by atoms with Gasteiger partial charge in [0.25, 0.3) is 0 Å². The van der Waals surface area contributed by atoms with Crippen LogP contribution in [-0.2, 0) is 25.8 Å². The van der Waals surface area contributed by atoms with E-state index < -0.39 is 11.7 Å². The molecule has 0 amide bonds. The third kappa shape index (κ3) is 3.35. The van der Waals surface area contributed by atoms with E-state index in [1.807, 2.05) is 30.3 Å². The van der Waals surface area contributed by atoms with Gasteiger partial charge < -0.3 is 4.57 Å². The van der Waals surface area contributed by atoms with Crippen molar-refractivity contribution in [2.24, 2.45) is 0 Å². The molecule has 3 aromatic rings. The molecule has 0 aliphatic carbocycles. The maximum absolute atomic E-state index is 12.7. The molecule has 2 aromatic carbocycles. The minimum absolute atomic E-state index is 0.589. The van der Waals surface area contributed by atoms with Crippen molar-refractivity contribution >= 4 is 0 Å². The maximum Gasteiger partial charge on any atom is 0.416 e. The Morgan fingerprint density at radius 3 is 2.31 bits per heavy atom. The van der Waals surface area contributed by atoms with E-state index in [-0.39, 0.29) is 0 Å². The number of hydrogen-bond acceptors (Lipinski definition) is 3. The summed E-state index contributed by atoms with van der Waals surface area (Å²) in [6.07, 6.45) is -4.30. The van der Waals surface area contributed by atoms with Gasteiger partial charge in [0.05, 0.1) is 12.1 Å². The molecule has 0 saturated carbocycles. The first-order valence-corrected chi connectivity index (χ1v) is 8.37. The van der Waals surface area contributed by atoms with Gasteiger partial charge in [-0.15, -0.1) is 10.2 Å². The summed E-state index contributed by atoms with van der Waals surface area (Å²) in [6.45, 7) is 2.77. The van der Waals surface area contributed by atoms with Crippen LogP contribution in [-0.4, -0.2) is 26.2 Å². The van der Waals surface area contributed by atoms with Gasteiger partial charge in [-0.25, -0.2) is 0 Å². The fraction of sp³-hybridized carbons (Fsp3) is 0.263. The molecule has 4 nitrogen and oxygen atoms in total. The van der Waals surface area contributed by atoms with Crippen LogP contribution in [0.15, 0.2) is 54.6 Å². The average molecular weight is 358 g/mol. The van der Waals surface area contributed by atoms with Crippen LogP contribution < -0.4 is 0 Å². The summed E-state index contributed by atoms with van der Waals surface area (Å²) in [5, 5.41) is 8.60. The van der Waals surface area contributed by atoms with Gasteiger partial charge >= 0.3 is 6.18 Å². The molecule has 1 aliphatic heterocycles. The Morgan fingerprint density at radius 1 is 0.885 bits per heavy atom. The van der Waals surface area contributed by atoms with Crippen LogP contribution in [0.25, 0.3) is 11.4 Å². The monoisotopic (exact) mass is 358 g/mol. The minimum atomic E-state index is -4.30. The van der Waals surface area contributed by atoms with Crippen LogP contribution in [0.4, 0.5) is 13.2 Å². The molecule has 0 N–H and O–H groups in total. The molecule has 1 aromatic heterocycles. The third-order valence-corrected chi connectivity index (χ3v) is 4.55. The number of alkyl halides is 3. The Kier molecular flexibility index (Phi) is 4.24. The van der Waals surface area contributed by atoms with Crippen LogP contribution in [0.5, 0.6) is 0 Å². The van der Waals surface area contributed by atoms with Gasteiger partial charge in [-0.1, -0.05) is 42.5 Å². The first-order chi connectivity index (χ1) is 12.5. The molecule has 4 rings (SSSR count). The Balaban J connectivity index is 1.47. The molecular weight excluding hydrogens is 341 g/mol. The Hall–Kier alpha value is -2.67. The predicted molar refractivity (Wildman–Crippen MR) is 91.0 cm³/mol. The number of benzene rings is 2. The molecule has 1 aliphatic rings. The average Bonchev–Trinajstić information content (AvgIpc) is 3.05. The quantitative estimate of drug-likeness (QED) is 0.710. The van der Waals surface area contributed by atoms with E-state index in [4.69, 9.17) is 0 Å². The van der Waals surface area contributed by atoms with Gasteiger partial charge in [0.15, 0.2) is 5.82 Å². The molecule has 134 valence electrons. The van der Waals surface area contributed by atoms with E-state index in [0.29, 0.717) is 13.1 Å². The molecule has 26 heavy (non-hydrogen) atoms. The second kappa shape index (κ2) is 6.57. The lowest BCUT2D eigenvalue weighted by Crippen LogP contribution is -2.33. The third-order valence-electron chi connectivity index (χ3n) is 4.55. The summed E-state index contributed by atoms with van der Waals surface area (Å²) in [5.74, 6) is 1.73. The highest BCUT2D eigenvalue weighted by atomic mass is 19.4. The van der Waals surface area contributed by atoms with E-state index in [1.54, 1.807) is 0 Å². The van der Waals surface area contributed by atoms with Crippen LogP contribution in [0.2, 0.25) is 0 Å². The molecule has 0 spiro atoms. The lowest BCUT2D eigenvalue weighted by molar-refractivity contribution is -0.137. The summed E-state index contributed by atoms with van der Waals surface area (Å²) in [4.78, 5) is 2.17. The minimum Gasteiger partial charge on any atom is -0.309 e. The maximum atomic E-state index is 12.7. The van der Waals surface area contributed by atoms with Gasteiger partial charge in [-0.2, -0.15) is 13.2 Å². The zero-order valence-corrected chi connectivity index (χ0v) is 13.9. The fourth-order valence-corrected chi connectivity index (χ4v) is 3.20. The largest absolute Gasteiger partial charge is 0.416 e. The molecule has 7 heteroatoms. The van der Waals surface area contributed by atoms with Gasteiger partial charge in [-0.3, -0.25) is 4.90 Å². The van der Waals surface area contributed by atoms with E-state index in [9.17, 15) is 13.2 Å². The summed E-state index contributed by atoms with van der Waals surface area (Å²) in [5.41, 5.74) is 1.27. The number of hydrogen-bond donors (Lipinski definition) is 0. The fourth-order valence-electron chi connectivity index (χ4n) is 3.20. The van der Waals surface area contributed by atoms with Gasteiger partial charge in [0, 0.05) is 25.2 Å². The van der Waals surface area contributed by atoms with Crippen LogP contribution in [0.1, 0.15) is 17.0 Å². The predicted octanol–water partition coefficient (Wildman–Crippen LogP) is 3.98. The van der Waals surface area contributed by atoms with Crippen molar-refractivity contribution in [1.82, 2.24) is 19.7 Å². The molecule has 0 unspecified atom stereocenters. The number of fused-ring (bicyclic) bond motifs is 1. The van der Waals surface area contributed by atoms with Crippen molar-refractivity contribution in [3.8, 4) is 11.4 Å². The van der Waals surface area contributed by atoms with Gasteiger partial charge in [0.2, 0.25) is 0 Å². The Morgan fingerprint density at radius 2 is 1.62 bits per heavy atom. The molecule has 0 saturated heterocycles. The normalized spacial score (nSPS) is 15.0. The van der Waals surface area contributed by atoms with Crippen LogP contribution in [0.3, 0.4) is 0 Å². The second-order valence-corrected chi connectivity index (χ2v) is 6.36. The second-order valence-electron chi connectivity index (χ2n) is 6.36. The summed E-state index contributed by atoms with van der Waals surface area (Å²) < 4.78 is 40.1. The Labute approximate surface area is 148 Å². The molecule has 0 bridgehead atoms. The van der Waals surface area contributed by atoms with Crippen molar-refractivity contribution in [2.75, 3.05) is 6.54 Å². The topological polar surface area (TPSA) is 34.0 Å². The van der Waals surface area contributed by atoms with E-state index >= 15 is 0 Å². The summed E-state index contributed by atoms with van der Waals surface area (Å²) in [6, 6.07) is 15.3. The number of nitrogens with zero attached hydrogens (tertiary/aromatic N) is 4. The zero-order chi connectivity index (χ0) is 18.1. The lowest BCUT2D eigenvalue weighted by Gasteiger charge is -2.27. The first-order valence-electron chi connectivity index (χ1n) is 8.37. The molecule has 2 heterocycles. The van der Waals surface area contributed by atoms with Crippen LogP contribution >= 0.6 is 0 Å². The van der Waals surface area contributed by atoms with E-state index in [1.165, 1.54) is 12.1 Å². The van der Waals surface area contributed by atoms with E-state index in [2.05, 4.69) is 19.7 Å². The van der Waals surface area contributed by atoms with E-state index in [0.717, 1.165) is 48.0 Å². The molecule has 0 fully saturated rings. The summed E-state index contributed by atoms with van der Waals surface area (Å²) in [7, 11) is 0. The highest BCUT2D eigenvalue weighted by molar-refractivity contribution is 5.55. The van der Waals surface area contributed by atoms with Crippen molar-refractivity contribution in [3.05, 3.63) is 71.5 Å².